The standard InChI is InChI=1S/C48H45NO2/c1-8-10-21-41-30(5)39-27-31(33-17-13-20-38-45(29(3)4)44(15-9-2)51-47(33)38)23-26-42(39)49(41)32-24-25-34-36-18-14-19-37(35-16-11-12-22-43(35)50)46(36)48(6,7)40(34)28-32/h9-11,13-21,23-28,50H,3,8,12,22H2,1-2,4-7H3/b15-9-,21-10-. The monoisotopic (exact) mass is 667 g/mol. The van der Waals surface area contributed by atoms with E-state index in [-0.39, 0.29) is 5.41 Å². The zero-order chi connectivity index (χ0) is 35.6. The van der Waals surface area contributed by atoms with Gasteiger partial charge in [0, 0.05) is 50.7 Å². The summed E-state index contributed by atoms with van der Waals surface area (Å²) in [6.45, 7) is 17.4. The molecule has 8 rings (SSSR count). The van der Waals surface area contributed by atoms with Crippen LogP contribution < -0.4 is 0 Å². The van der Waals surface area contributed by atoms with E-state index in [0.29, 0.717) is 12.2 Å². The molecule has 254 valence electrons. The Balaban J connectivity index is 1.30. The van der Waals surface area contributed by atoms with E-state index in [1.165, 1.54) is 44.4 Å². The quantitative estimate of drug-likeness (QED) is 0.184. The summed E-state index contributed by atoms with van der Waals surface area (Å²) in [5, 5.41) is 13.3. The number of aliphatic hydroxyl groups excluding tert-OH is 1. The summed E-state index contributed by atoms with van der Waals surface area (Å²) in [6.07, 6.45) is 15.4. The highest BCUT2D eigenvalue weighted by Crippen LogP contribution is 2.52. The number of hydrogen-bond acceptors (Lipinski definition) is 2. The van der Waals surface area contributed by atoms with Gasteiger partial charge < -0.3 is 14.1 Å². The van der Waals surface area contributed by atoms with Gasteiger partial charge in [0.1, 0.15) is 17.1 Å². The van der Waals surface area contributed by atoms with Crippen molar-refractivity contribution in [3.05, 3.63) is 149 Å². The Labute approximate surface area is 301 Å². The Morgan fingerprint density at radius 3 is 2.49 bits per heavy atom. The van der Waals surface area contributed by atoms with Crippen LogP contribution >= 0.6 is 0 Å². The molecular formula is C48H45NO2. The fourth-order valence-electron chi connectivity index (χ4n) is 8.55. The minimum atomic E-state index is -0.253. The molecule has 1 N–H and O–H groups in total. The molecule has 0 saturated heterocycles. The van der Waals surface area contributed by atoms with Gasteiger partial charge in [0.05, 0.1) is 5.52 Å². The Morgan fingerprint density at radius 1 is 0.941 bits per heavy atom. The smallest absolute Gasteiger partial charge is 0.143 e. The third-order valence-electron chi connectivity index (χ3n) is 10.9. The van der Waals surface area contributed by atoms with Crippen LogP contribution in [-0.2, 0) is 5.41 Å². The number of benzene rings is 4. The van der Waals surface area contributed by atoms with E-state index in [1.807, 2.05) is 26.0 Å². The number of hydrogen-bond donors (Lipinski definition) is 1. The molecule has 4 aromatic carbocycles. The minimum Gasteiger partial charge on any atom is -0.512 e. The summed E-state index contributed by atoms with van der Waals surface area (Å²) >= 11 is 0. The summed E-state index contributed by atoms with van der Waals surface area (Å²) in [5.74, 6) is 1.33. The fourth-order valence-corrected chi connectivity index (χ4v) is 8.55. The second-order valence-electron chi connectivity index (χ2n) is 14.6. The van der Waals surface area contributed by atoms with Crippen molar-refractivity contribution in [1.29, 1.82) is 0 Å². The Morgan fingerprint density at radius 2 is 1.73 bits per heavy atom. The van der Waals surface area contributed by atoms with E-state index in [0.717, 1.165) is 68.7 Å². The molecule has 3 nitrogen and oxygen atoms in total. The van der Waals surface area contributed by atoms with Gasteiger partial charge in [0.25, 0.3) is 0 Å². The molecule has 3 heteroatoms. The number of aryl methyl sites for hydroxylation is 1. The van der Waals surface area contributed by atoms with Crippen LogP contribution in [0.15, 0.2) is 114 Å². The van der Waals surface area contributed by atoms with E-state index in [9.17, 15) is 5.11 Å². The van der Waals surface area contributed by atoms with Crippen LogP contribution in [0, 0.1) is 6.92 Å². The molecule has 2 aliphatic carbocycles. The number of aliphatic hydroxyl groups is 1. The van der Waals surface area contributed by atoms with Crippen molar-refractivity contribution in [2.45, 2.75) is 66.2 Å². The number of aromatic nitrogens is 1. The average Bonchev–Trinajstić information content (AvgIpc) is 3.72. The number of rotatable bonds is 7. The van der Waals surface area contributed by atoms with Crippen molar-refractivity contribution in [2.75, 3.05) is 0 Å². The normalized spacial score (nSPS) is 15.2. The van der Waals surface area contributed by atoms with Crippen LogP contribution in [0.1, 0.15) is 93.2 Å². The molecular weight excluding hydrogens is 623 g/mol. The molecule has 51 heavy (non-hydrogen) atoms. The molecule has 0 saturated carbocycles. The first-order chi connectivity index (χ1) is 24.6. The van der Waals surface area contributed by atoms with Crippen molar-refractivity contribution in [2.24, 2.45) is 0 Å². The lowest BCUT2D eigenvalue weighted by Crippen LogP contribution is -2.18. The third kappa shape index (κ3) is 5.01. The first kappa shape index (κ1) is 32.7. The van der Waals surface area contributed by atoms with Gasteiger partial charge in [-0.15, -0.1) is 0 Å². The summed E-state index contributed by atoms with van der Waals surface area (Å²) in [6, 6.07) is 26.8. The first-order valence-corrected chi connectivity index (χ1v) is 18.2. The number of furan rings is 1. The highest BCUT2D eigenvalue weighted by Gasteiger charge is 2.38. The molecule has 0 radical (unpaired) electrons. The zero-order valence-electron chi connectivity index (χ0n) is 30.5. The largest absolute Gasteiger partial charge is 0.512 e. The number of nitrogens with zero attached hydrogens (tertiary/aromatic N) is 1. The Kier molecular flexibility index (Phi) is 7.91. The first-order valence-electron chi connectivity index (χ1n) is 18.2. The van der Waals surface area contributed by atoms with Gasteiger partial charge in [-0.25, -0.2) is 0 Å². The zero-order valence-corrected chi connectivity index (χ0v) is 30.5. The van der Waals surface area contributed by atoms with Gasteiger partial charge in [-0.05, 0) is 115 Å². The van der Waals surface area contributed by atoms with E-state index >= 15 is 0 Å². The number of para-hydroxylation sites is 1. The maximum atomic E-state index is 10.9. The molecule has 0 unspecified atom stereocenters. The van der Waals surface area contributed by atoms with E-state index in [4.69, 9.17) is 4.42 Å². The van der Waals surface area contributed by atoms with Crippen LogP contribution in [-0.4, -0.2) is 9.67 Å². The molecule has 0 spiro atoms. The summed E-state index contributed by atoms with van der Waals surface area (Å²) in [4.78, 5) is 0. The molecule has 2 aliphatic rings. The topological polar surface area (TPSA) is 38.3 Å². The lowest BCUT2D eigenvalue weighted by Gasteiger charge is -2.26. The van der Waals surface area contributed by atoms with Gasteiger partial charge in [-0.3, -0.25) is 0 Å². The molecule has 2 aromatic heterocycles. The summed E-state index contributed by atoms with van der Waals surface area (Å²) in [7, 11) is 0. The third-order valence-corrected chi connectivity index (χ3v) is 10.9. The van der Waals surface area contributed by atoms with E-state index < -0.39 is 0 Å². The molecule has 6 aromatic rings. The lowest BCUT2D eigenvalue weighted by molar-refractivity contribution is 0.391. The van der Waals surface area contributed by atoms with Crippen molar-refractivity contribution in [3.63, 3.8) is 0 Å². The molecule has 0 atom stereocenters. The SMILES string of the molecule is C=C(C)c1c(/C=C\C)oc2c(-c3ccc4c(c3)c(C)c(/C=C\CC)n4-c3ccc4c(c3)C(C)(C)c3c(C5=C(O)CCC=C5)cccc3-4)cccc12. The van der Waals surface area contributed by atoms with Crippen LogP contribution in [0.25, 0.3) is 73.1 Å². The van der Waals surface area contributed by atoms with E-state index in [2.05, 4.69) is 136 Å². The van der Waals surface area contributed by atoms with Crippen LogP contribution in [0.5, 0.6) is 0 Å². The van der Waals surface area contributed by atoms with Crippen molar-refractivity contribution in [1.82, 2.24) is 4.57 Å². The molecule has 2 heterocycles. The molecule has 0 amide bonds. The van der Waals surface area contributed by atoms with Crippen LogP contribution in [0.4, 0.5) is 0 Å². The van der Waals surface area contributed by atoms with Crippen molar-refractivity contribution in [3.8, 4) is 27.9 Å². The van der Waals surface area contributed by atoms with Gasteiger partial charge in [0.15, 0.2) is 0 Å². The Bertz CT molecular complexity index is 2540. The van der Waals surface area contributed by atoms with Gasteiger partial charge in [-0.2, -0.15) is 0 Å². The van der Waals surface area contributed by atoms with Crippen molar-refractivity contribution >= 4 is 45.2 Å². The van der Waals surface area contributed by atoms with Gasteiger partial charge in [0.2, 0.25) is 0 Å². The maximum Gasteiger partial charge on any atom is 0.143 e. The highest BCUT2D eigenvalue weighted by molar-refractivity contribution is 6.03. The lowest BCUT2D eigenvalue weighted by atomic mass is 9.78. The summed E-state index contributed by atoms with van der Waals surface area (Å²) in [5.41, 5.74) is 16.8. The summed E-state index contributed by atoms with van der Waals surface area (Å²) < 4.78 is 8.96. The predicted molar refractivity (Wildman–Crippen MR) is 217 cm³/mol. The van der Waals surface area contributed by atoms with Crippen LogP contribution in [0.2, 0.25) is 0 Å². The minimum absolute atomic E-state index is 0.253. The maximum absolute atomic E-state index is 10.9. The molecule has 0 bridgehead atoms. The van der Waals surface area contributed by atoms with Gasteiger partial charge in [-0.1, -0.05) is 100 Å². The van der Waals surface area contributed by atoms with Crippen LogP contribution in [0.3, 0.4) is 0 Å². The fraction of sp³-hybridized carbons (Fsp3) is 0.208. The number of fused-ring (bicyclic) bond motifs is 5. The molecule has 0 fully saturated rings. The van der Waals surface area contributed by atoms with Gasteiger partial charge >= 0.3 is 0 Å². The van der Waals surface area contributed by atoms with E-state index in [1.54, 1.807) is 0 Å². The second-order valence-corrected chi connectivity index (χ2v) is 14.6. The predicted octanol–water partition coefficient (Wildman–Crippen LogP) is 13.8. The highest BCUT2D eigenvalue weighted by atomic mass is 16.3. The van der Waals surface area contributed by atoms with Crippen molar-refractivity contribution < 1.29 is 9.52 Å². The number of allylic oxidation sites excluding steroid dienone is 7. The molecule has 0 aliphatic heterocycles. The average molecular weight is 668 g/mol. The second kappa shape index (κ2) is 12.3. The Hall–Kier alpha value is -5.54.